The third-order valence-corrected chi connectivity index (χ3v) is 5.12. The zero-order valence-electron chi connectivity index (χ0n) is 15.7. The fourth-order valence-corrected chi connectivity index (χ4v) is 3.57. The maximum absolute atomic E-state index is 12.6. The van der Waals surface area contributed by atoms with Gasteiger partial charge in [0.2, 0.25) is 11.8 Å². The number of amides is 1. The molecule has 0 saturated carbocycles. The van der Waals surface area contributed by atoms with Crippen LogP contribution in [0.15, 0.2) is 47.3 Å². The molecule has 0 unspecified atom stereocenters. The van der Waals surface area contributed by atoms with Crippen molar-refractivity contribution < 1.29 is 27.8 Å². The highest BCUT2D eigenvalue weighted by Crippen LogP contribution is 2.30. The van der Waals surface area contributed by atoms with E-state index in [0.29, 0.717) is 27.4 Å². The summed E-state index contributed by atoms with van der Waals surface area (Å²) in [7, 11) is 1.43. The summed E-state index contributed by atoms with van der Waals surface area (Å²) in [6.07, 6.45) is -4.29. The number of ether oxygens (including phenoxy) is 1. The Morgan fingerprint density at radius 3 is 2.40 bits per heavy atom. The van der Waals surface area contributed by atoms with E-state index in [2.05, 4.69) is 10.3 Å². The summed E-state index contributed by atoms with van der Waals surface area (Å²) < 4.78 is 43.2. The molecule has 3 N–H and O–H groups in total. The standard InChI is InChI=1S/C20H17F3N2O4S/c1-29-15-7-4-12(9-16-18(27)25-19(28)30-16)8-14(15)24-17(26)10-11-2-5-13(6-3-11)20(21,22)23/h2-8,27H,9-10H2,1H3,(H,24,26)(H,25,28). The van der Waals surface area contributed by atoms with Crippen LogP contribution in [-0.4, -0.2) is 23.1 Å². The Morgan fingerprint density at radius 2 is 1.83 bits per heavy atom. The predicted molar refractivity (Wildman–Crippen MR) is 106 cm³/mol. The molecule has 1 amide bonds. The van der Waals surface area contributed by atoms with Crippen molar-refractivity contribution in [2.45, 2.75) is 19.0 Å². The van der Waals surface area contributed by atoms with Gasteiger partial charge in [-0.3, -0.25) is 14.6 Å². The highest BCUT2D eigenvalue weighted by Gasteiger charge is 2.30. The van der Waals surface area contributed by atoms with Crippen LogP contribution in [0, 0.1) is 0 Å². The van der Waals surface area contributed by atoms with Gasteiger partial charge < -0.3 is 15.2 Å². The summed E-state index contributed by atoms with van der Waals surface area (Å²) >= 11 is 0.884. The average molecular weight is 438 g/mol. The number of nitrogens with one attached hydrogen (secondary N) is 2. The van der Waals surface area contributed by atoms with Gasteiger partial charge in [0, 0.05) is 6.42 Å². The summed E-state index contributed by atoms with van der Waals surface area (Å²) in [4.78, 5) is 26.1. The second-order valence-corrected chi connectivity index (χ2v) is 7.49. The van der Waals surface area contributed by atoms with Gasteiger partial charge in [-0.15, -0.1) is 0 Å². The van der Waals surface area contributed by atoms with Gasteiger partial charge in [0.15, 0.2) is 0 Å². The third-order valence-electron chi connectivity index (χ3n) is 4.25. The topological polar surface area (TPSA) is 91.4 Å². The molecule has 0 aliphatic rings. The highest BCUT2D eigenvalue weighted by atomic mass is 32.1. The molecule has 0 aliphatic heterocycles. The number of aromatic hydroxyl groups is 1. The molecule has 0 atom stereocenters. The number of rotatable bonds is 6. The molecule has 0 radical (unpaired) electrons. The van der Waals surface area contributed by atoms with E-state index in [0.717, 1.165) is 23.5 Å². The first-order valence-corrected chi connectivity index (χ1v) is 9.51. The van der Waals surface area contributed by atoms with Crippen molar-refractivity contribution >= 4 is 22.9 Å². The van der Waals surface area contributed by atoms with Crippen molar-refractivity contribution in [1.82, 2.24) is 4.98 Å². The van der Waals surface area contributed by atoms with Gasteiger partial charge in [-0.2, -0.15) is 13.2 Å². The Bertz CT molecular complexity index is 1100. The Hall–Kier alpha value is -3.27. The first-order chi connectivity index (χ1) is 14.2. The zero-order chi connectivity index (χ0) is 21.9. The first kappa shape index (κ1) is 21.4. The van der Waals surface area contributed by atoms with Crippen LogP contribution >= 0.6 is 11.3 Å². The van der Waals surface area contributed by atoms with E-state index in [1.54, 1.807) is 18.2 Å². The lowest BCUT2D eigenvalue weighted by atomic mass is 10.1. The van der Waals surface area contributed by atoms with Crippen LogP contribution in [0.4, 0.5) is 18.9 Å². The fourth-order valence-electron chi connectivity index (χ4n) is 2.81. The predicted octanol–water partition coefficient (Wildman–Crippen LogP) is 3.94. The number of hydrogen-bond donors (Lipinski definition) is 3. The Balaban J connectivity index is 1.73. The molecule has 0 fully saturated rings. The van der Waals surface area contributed by atoms with Crippen LogP contribution in [0.25, 0.3) is 0 Å². The average Bonchev–Trinajstić information content (AvgIpc) is 2.98. The fraction of sp³-hybridized carbons (Fsp3) is 0.200. The minimum absolute atomic E-state index is 0.119. The second-order valence-electron chi connectivity index (χ2n) is 6.42. The molecule has 6 nitrogen and oxygen atoms in total. The Morgan fingerprint density at radius 1 is 1.17 bits per heavy atom. The van der Waals surface area contributed by atoms with Gasteiger partial charge in [-0.05, 0) is 35.4 Å². The van der Waals surface area contributed by atoms with Crippen LogP contribution < -0.4 is 14.9 Å². The van der Waals surface area contributed by atoms with Crippen molar-refractivity contribution in [1.29, 1.82) is 0 Å². The quantitative estimate of drug-likeness (QED) is 0.544. The van der Waals surface area contributed by atoms with Gasteiger partial charge >= 0.3 is 11.0 Å². The van der Waals surface area contributed by atoms with Crippen molar-refractivity contribution in [3.63, 3.8) is 0 Å². The summed E-state index contributed by atoms with van der Waals surface area (Å²) in [5.41, 5.74) is 0.731. The number of benzene rings is 2. The van der Waals surface area contributed by atoms with E-state index < -0.39 is 17.6 Å². The largest absolute Gasteiger partial charge is 0.495 e. The van der Waals surface area contributed by atoms with Crippen LogP contribution in [0.5, 0.6) is 11.6 Å². The number of alkyl halides is 3. The molecule has 10 heteroatoms. The number of methoxy groups -OCH3 is 1. The smallest absolute Gasteiger partial charge is 0.416 e. The summed E-state index contributed by atoms with van der Waals surface area (Å²) in [6.45, 7) is 0. The second kappa shape index (κ2) is 8.62. The van der Waals surface area contributed by atoms with E-state index in [1.165, 1.54) is 19.2 Å². The van der Waals surface area contributed by atoms with Crippen LogP contribution in [-0.2, 0) is 23.8 Å². The molecule has 0 bridgehead atoms. The van der Waals surface area contributed by atoms with Crippen molar-refractivity contribution in [2.75, 3.05) is 12.4 Å². The minimum Gasteiger partial charge on any atom is -0.495 e. The van der Waals surface area contributed by atoms with Crippen LogP contribution in [0.3, 0.4) is 0 Å². The molecule has 0 spiro atoms. The van der Waals surface area contributed by atoms with Crippen LogP contribution in [0.1, 0.15) is 21.6 Å². The summed E-state index contributed by atoms with van der Waals surface area (Å²) in [5, 5.41) is 12.4. The lowest BCUT2D eigenvalue weighted by Crippen LogP contribution is -2.15. The van der Waals surface area contributed by atoms with E-state index >= 15 is 0 Å². The number of carbonyl (C=O) groups is 1. The zero-order valence-corrected chi connectivity index (χ0v) is 16.5. The SMILES string of the molecule is COc1ccc(Cc2sc(=O)[nH]c2O)cc1NC(=O)Cc1ccc(C(F)(F)F)cc1. The van der Waals surface area contributed by atoms with Gasteiger partial charge in [0.1, 0.15) is 5.75 Å². The number of halogens is 3. The van der Waals surface area contributed by atoms with E-state index in [1.807, 2.05) is 0 Å². The Kier molecular flexibility index (Phi) is 6.16. The number of thiazole rings is 1. The molecule has 1 aromatic heterocycles. The van der Waals surface area contributed by atoms with E-state index in [9.17, 15) is 27.9 Å². The monoisotopic (exact) mass is 438 g/mol. The van der Waals surface area contributed by atoms with Gasteiger partial charge in [-0.1, -0.05) is 29.5 Å². The molecule has 3 rings (SSSR count). The molecule has 3 aromatic rings. The molecule has 2 aromatic carbocycles. The number of H-pyrrole nitrogens is 1. The van der Waals surface area contributed by atoms with E-state index in [-0.39, 0.29) is 23.6 Å². The van der Waals surface area contributed by atoms with Gasteiger partial charge in [0.05, 0.1) is 29.7 Å². The number of aromatic nitrogens is 1. The van der Waals surface area contributed by atoms with Gasteiger partial charge in [-0.25, -0.2) is 0 Å². The highest BCUT2D eigenvalue weighted by molar-refractivity contribution is 7.09. The number of carbonyl (C=O) groups excluding carboxylic acids is 1. The molecular weight excluding hydrogens is 421 g/mol. The van der Waals surface area contributed by atoms with Crippen molar-refractivity contribution in [2.24, 2.45) is 0 Å². The van der Waals surface area contributed by atoms with Gasteiger partial charge in [0.25, 0.3) is 0 Å². The number of hydrogen-bond acceptors (Lipinski definition) is 5. The molecular formula is C20H17F3N2O4S. The first-order valence-electron chi connectivity index (χ1n) is 8.69. The van der Waals surface area contributed by atoms with Crippen molar-refractivity contribution in [3.8, 4) is 11.6 Å². The molecule has 0 aliphatic carbocycles. The molecule has 0 saturated heterocycles. The third kappa shape index (κ3) is 5.20. The Labute approximate surface area is 173 Å². The van der Waals surface area contributed by atoms with Crippen molar-refractivity contribution in [3.05, 3.63) is 73.7 Å². The maximum atomic E-state index is 12.6. The van der Waals surface area contributed by atoms with Crippen LogP contribution in [0.2, 0.25) is 0 Å². The summed E-state index contributed by atoms with van der Waals surface area (Å²) in [5.74, 6) is -0.237. The minimum atomic E-state index is -4.43. The number of aromatic amines is 1. The number of anilines is 1. The normalized spacial score (nSPS) is 11.3. The lowest BCUT2D eigenvalue weighted by Gasteiger charge is -2.12. The maximum Gasteiger partial charge on any atom is 0.416 e. The lowest BCUT2D eigenvalue weighted by molar-refractivity contribution is -0.137. The molecule has 1 heterocycles. The summed E-state index contributed by atoms with van der Waals surface area (Å²) in [6, 6.07) is 9.38. The molecule has 158 valence electrons. The van der Waals surface area contributed by atoms with E-state index in [4.69, 9.17) is 4.74 Å². The molecule has 30 heavy (non-hydrogen) atoms.